The van der Waals surface area contributed by atoms with Gasteiger partial charge >= 0.3 is 0 Å². The van der Waals surface area contributed by atoms with Crippen molar-refractivity contribution in [3.05, 3.63) is 23.6 Å². The third kappa shape index (κ3) is 3.22. The van der Waals surface area contributed by atoms with Gasteiger partial charge in [0.05, 0.1) is 24.0 Å². The number of ether oxygens (including phenoxy) is 1. The van der Waals surface area contributed by atoms with E-state index in [4.69, 9.17) is 4.74 Å². The first kappa shape index (κ1) is 14.2. The average molecular weight is 268 g/mol. The summed E-state index contributed by atoms with van der Waals surface area (Å²) in [6.07, 6.45) is 1.18. The van der Waals surface area contributed by atoms with Crippen molar-refractivity contribution in [3.8, 4) is 0 Å². The Morgan fingerprint density at radius 2 is 1.89 bits per heavy atom. The van der Waals surface area contributed by atoms with E-state index in [9.17, 15) is 9.50 Å². The number of hydrogen-bond acceptors (Lipinski definition) is 4. The van der Waals surface area contributed by atoms with Crippen LogP contribution >= 0.6 is 0 Å². The second kappa shape index (κ2) is 4.72. The third-order valence-corrected chi connectivity index (χ3v) is 3.08. The predicted octanol–water partition coefficient (Wildman–Crippen LogP) is 2.11. The smallest absolute Gasteiger partial charge is 0.142 e. The molecule has 0 amide bonds. The van der Waals surface area contributed by atoms with Crippen LogP contribution < -0.4 is 4.90 Å². The molecule has 2 rings (SSSR count). The third-order valence-electron chi connectivity index (χ3n) is 3.08. The molecule has 0 unspecified atom stereocenters. The molecule has 5 heteroatoms. The van der Waals surface area contributed by atoms with E-state index >= 15 is 0 Å². The Bertz CT molecular complexity index is 459. The summed E-state index contributed by atoms with van der Waals surface area (Å²) in [5, 5.41) is 9.37. The van der Waals surface area contributed by atoms with Crippen molar-refractivity contribution < 1.29 is 14.2 Å². The minimum atomic E-state index is -0.431. The van der Waals surface area contributed by atoms with Crippen molar-refractivity contribution in [3.63, 3.8) is 0 Å². The lowest BCUT2D eigenvalue weighted by Crippen LogP contribution is -2.57. The Morgan fingerprint density at radius 1 is 1.32 bits per heavy atom. The molecule has 2 heterocycles. The number of pyridine rings is 1. The van der Waals surface area contributed by atoms with Gasteiger partial charge in [0, 0.05) is 18.7 Å². The van der Waals surface area contributed by atoms with E-state index in [2.05, 4.69) is 9.88 Å². The van der Waals surface area contributed by atoms with Crippen molar-refractivity contribution in [1.29, 1.82) is 0 Å². The van der Waals surface area contributed by atoms with Crippen LogP contribution in [0.5, 0.6) is 0 Å². The highest BCUT2D eigenvalue weighted by Gasteiger charge is 2.39. The van der Waals surface area contributed by atoms with Gasteiger partial charge < -0.3 is 14.7 Å². The molecule has 1 aliphatic rings. The average Bonchev–Trinajstić information content (AvgIpc) is 2.24. The molecule has 0 aliphatic carbocycles. The second-order valence-corrected chi connectivity index (χ2v) is 6.27. The minimum absolute atomic E-state index is 0.224. The Kier molecular flexibility index (Phi) is 3.53. The molecule has 0 bridgehead atoms. The Hall–Kier alpha value is -1.20. The molecule has 0 aromatic carbocycles. The Labute approximate surface area is 113 Å². The zero-order chi connectivity index (χ0) is 14.3. The van der Waals surface area contributed by atoms with Gasteiger partial charge in [-0.15, -0.1) is 0 Å². The fraction of sp³-hybridized carbons (Fsp3) is 0.643. The molecule has 1 aromatic heterocycles. The summed E-state index contributed by atoms with van der Waals surface area (Å²) in [5.74, 6) is 0.202. The molecule has 106 valence electrons. The van der Waals surface area contributed by atoms with Crippen LogP contribution in [-0.2, 0) is 11.3 Å². The van der Waals surface area contributed by atoms with Crippen LogP contribution in [0.1, 0.15) is 33.3 Å². The molecule has 0 radical (unpaired) electrons. The standard InChI is InChI=1S/C14H21FN2O2/c1-13(2)8-17(9-14(3,4)19-13)12-10(7-18)5-11(15)6-16-12/h5-6,18H,7-9H2,1-4H3. The van der Waals surface area contributed by atoms with E-state index in [-0.39, 0.29) is 17.8 Å². The number of nitrogens with zero attached hydrogens (tertiary/aromatic N) is 2. The summed E-state index contributed by atoms with van der Waals surface area (Å²) in [6.45, 7) is 9.15. The van der Waals surface area contributed by atoms with E-state index in [1.165, 1.54) is 12.3 Å². The minimum Gasteiger partial charge on any atom is -0.392 e. The first-order valence-corrected chi connectivity index (χ1v) is 6.43. The van der Waals surface area contributed by atoms with Crippen molar-refractivity contribution >= 4 is 5.82 Å². The van der Waals surface area contributed by atoms with Gasteiger partial charge in [-0.3, -0.25) is 0 Å². The van der Waals surface area contributed by atoms with Gasteiger partial charge in [0.25, 0.3) is 0 Å². The molecular formula is C14H21FN2O2. The normalized spacial score (nSPS) is 21.5. The summed E-state index contributed by atoms with van der Waals surface area (Å²) in [5.41, 5.74) is -0.122. The zero-order valence-corrected chi connectivity index (χ0v) is 11.9. The van der Waals surface area contributed by atoms with Gasteiger partial charge in [0.15, 0.2) is 0 Å². The summed E-state index contributed by atoms with van der Waals surface area (Å²) in [7, 11) is 0. The molecule has 1 aromatic rings. The fourth-order valence-electron chi connectivity index (χ4n) is 2.81. The summed E-state index contributed by atoms with van der Waals surface area (Å²) in [6, 6.07) is 1.33. The topological polar surface area (TPSA) is 45.6 Å². The largest absolute Gasteiger partial charge is 0.392 e. The predicted molar refractivity (Wildman–Crippen MR) is 71.6 cm³/mol. The van der Waals surface area contributed by atoms with Crippen LogP contribution in [0.25, 0.3) is 0 Å². The number of aromatic nitrogens is 1. The molecule has 1 aliphatic heterocycles. The quantitative estimate of drug-likeness (QED) is 0.892. The fourth-order valence-corrected chi connectivity index (χ4v) is 2.81. The van der Waals surface area contributed by atoms with E-state index in [1.54, 1.807) is 0 Å². The Morgan fingerprint density at radius 3 is 2.42 bits per heavy atom. The highest BCUT2D eigenvalue weighted by molar-refractivity contribution is 5.48. The number of rotatable bonds is 2. The Balaban J connectivity index is 2.35. The van der Waals surface area contributed by atoms with Crippen LogP contribution in [0.3, 0.4) is 0 Å². The number of aliphatic hydroxyl groups is 1. The maximum Gasteiger partial charge on any atom is 0.142 e. The molecule has 19 heavy (non-hydrogen) atoms. The van der Waals surface area contributed by atoms with E-state index in [0.717, 1.165) is 0 Å². The van der Waals surface area contributed by atoms with Crippen LogP contribution in [0, 0.1) is 5.82 Å². The highest BCUT2D eigenvalue weighted by Crippen LogP contribution is 2.32. The number of morpholine rings is 1. The molecule has 0 spiro atoms. The summed E-state index contributed by atoms with van der Waals surface area (Å²) < 4.78 is 19.2. The summed E-state index contributed by atoms with van der Waals surface area (Å²) in [4.78, 5) is 6.19. The van der Waals surface area contributed by atoms with Gasteiger partial charge in [0.1, 0.15) is 11.6 Å². The van der Waals surface area contributed by atoms with E-state index < -0.39 is 5.82 Å². The van der Waals surface area contributed by atoms with Gasteiger partial charge in [-0.2, -0.15) is 0 Å². The monoisotopic (exact) mass is 268 g/mol. The first-order valence-electron chi connectivity index (χ1n) is 6.43. The van der Waals surface area contributed by atoms with Crippen LogP contribution in [0.4, 0.5) is 10.2 Å². The second-order valence-electron chi connectivity index (χ2n) is 6.27. The molecule has 1 fully saturated rings. The SMILES string of the molecule is CC1(C)CN(c2ncc(F)cc2CO)CC(C)(C)O1. The van der Waals surface area contributed by atoms with Gasteiger partial charge in [-0.05, 0) is 33.8 Å². The first-order chi connectivity index (χ1) is 8.72. The molecule has 0 atom stereocenters. The molecule has 0 saturated carbocycles. The lowest BCUT2D eigenvalue weighted by atomic mass is 9.98. The summed E-state index contributed by atoms with van der Waals surface area (Å²) >= 11 is 0. The number of anilines is 1. The van der Waals surface area contributed by atoms with Crippen molar-refractivity contribution in [2.75, 3.05) is 18.0 Å². The van der Waals surface area contributed by atoms with Crippen molar-refractivity contribution in [2.45, 2.75) is 45.5 Å². The van der Waals surface area contributed by atoms with Crippen molar-refractivity contribution in [2.24, 2.45) is 0 Å². The molecular weight excluding hydrogens is 247 g/mol. The molecule has 4 nitrogen and oxygen atoms in total. The van der Waals surface area contributed by atoms with Crippen molar-refractivity contribution in [1.82, 2.24) is 4.98 Å². The van der Waals surface area contributed by atoms with Crippen LogP contribution in [-0.4, -0.2) is 34.4 Å². The van der Waals surface area contributed by atoms with Gasteiger partial charge in [-0.1, -0.05) is 0 Å². The van der Waals surface area contributed by atoms with Gasteiger partial charge in [0.2, 0.25) is 0 Å². The van der Waals surface area contributed by atoms with E-state index in [0.29, 0.717) is 24.5 Å². The maximum absolute atomic E-state index is 13.2. The molecule has 1 N–H and O–H groups in total. The van der Waals surface area contributed by atoms with E-state index in [1.807, 2.05) is 27.7 Å². The van der Waals surface area contributed by atoms with Gasteiger partial charge in [-0.25, -0.2) is 9.37 Å². The number of hydrogen-bond donors (Lipinski definition) is 1. The molecule has 1 saturated heterocycles. The zero-order valence-electron chi connectivity index (χ0n) is 11.9. The lowest BCUT2D eigenvalue weighted by Gasteiger charge is -2.47. The van der Waals surface area contributed by atoms with Crippen LogP contribution in [0.15, 0.2) is 12.3 Å². The maximum atomic E-state index is 13.2. The number of halogens is 1. The van der Waals surface area contributed by atoms with Crippen LogP contribution in [0.2, 0.25) is 0 Å². The highest BCUT2D eigenvalue weighted by atomic mass is 19.1. The number of aliphatic hydroxyl groups excluding tert-OH is 1. The lowest BCUT2D eigenvalue weighted by molar-refractivity contribution is -0.133.